The van der Waals surface area contributed by atoms with Crippen LogP contribution in [0.25, 0.3) is 11.0 Å². The molecule has 0 fully saturated rings. The Morgan fingerprint density at radius 2 is 2.00 bits per heavy atom. The SMILES string of the molecule is Cc1c[nH]c2ncnc(N3C=C(C(=O)N4CC5=C(C4)N(C(=O)OC(C)(C)C)CCC5)SCC3)c12. The second-order valence-corrected chi connectivity index (χ2v) is 11.0. The summed E-state index contributed by atoms with van der Waals surface area (Å²) in [5, 5.41) is 0.976. The van der Waals surface area contributed by atoms with Gasteiger partial charge in [-0.2, -0.15) is 0 Å². The lowest BCUT2D eigenvalue weighted by Crippen LogP contribution is -2.40. The number of aromatic amines is 1. The molecule has 0 spiro atoms. The Balaban J connectivity index is 1.35. The third-order valence-electron chi connectivity index (χ3n) is 6.21. The lowest BCUT2D eigenvalue weighted by atomic mass is 10.1. The second-order valence-electron chi connectivity index (χ2n) is 9.87. The van der Waals surface area contributed by atoms with Crippen LogP contribution in [-0.4, -0.2) is 74.3 Å². The summed E-state index contributed by atoms with van der Waals surface area (Å²) in [5.74, 6) is 1.59. The quantitative estimate of drug-likeness (QED) is 0.696. The van der Waals surface area contributed by atoms with Gasteiger partial charge in [-0.1, -0.05) is 0 Å². The highest BCUT2D eigenvalue weighted by atomic mass is 32.2. The van der Waals surface area contributed by atoms with Gasteiger partial charge in [0.25, 0.3) is 5.91 Å². The third kappa shape index (κ3) is 4.26. The maximum Gasteiger partial charge on any atom is 0.414 e. The van der Waals surface area contributed by atoms with Crippen LogP contribution in [0, 0.1) is 6.92 Å². The van der Waals surface area contributed by atoms with Gasteiger partial charge in [0.05, 0.1) is 16.8 Å². The zero-order valence-electron chi connectivity index (χ0n) is 20.1. The molecule has 1 N–H and O–H groups in total. The molecule has 9 nitrogen and oxygen atoms in total. The van der Waals surface area contributed by atoms with Crippen molar-refractivity contribution in [2.45, 2.75) is 46.1 Å². The van der Waals surface area contributed by atoms with Crippen LogP contribution in [0.2, 0.25) is 0 Å². The Kier molecular flexibility index (Phi) is 5.79. The van der Waals surface area contributed by atoms with Crippen LogP contribution in [0.3, 0.4) is 0 Å². The number of thioether (sulfide) groups is 1. The number of nitrogens with zero attached hydrogens (tertiary/aromatic N) is 5. The van der Waals surface area contributed by atoms with Gasteiger partial charge in [-0.3, -0.25) is 9.69 Å². The monoisotopic (exact) mass is 482 g/mol. The Morgan fingerprint density at radius 3 is 2.79 bits per heavy atom. The van der Waals surface area contributed by atoms with Crippen LogP contribution in [0.5, 0.6) is 0 Å². The average Bonchev–Trinajstić information content (AvgIpc) is 3.41. The first-order valence-corrected chi connectivity index (χ1v) is 12.6. The van der Waals surface area contributed by atoms with E-state index in [1.807, 2.05) is 49.9 Å². The van der Waals surface area contributed by atoms with Gasteiger partial charge in [-0.25, -0.2) is 14.8 Å². The van der Waals surface area contributed by atoms with Crippen molar-refractivity contribution in [2.75, 3.05) is 36.8 Å². The highest BCUT2D eigenvalue weighted by Gasteiger charge is 2.37. The standard InChI is InChI=1S/C24H30N6O3S/c1-15-10-25-20-19(15)21(27-14-26-20)28-8-9-34-18(13-28)22(31)29-11-16-6-5-7-30(17(16)12-29)23(32)33-24(2,3)4/h10,13-14H,5-9,11-12H2,1-4H3,(H,25,26,27). The summed E-state index contributed by atoms with van der Waals surface area (Å²) >= 11 is 1.57. The normalized spacial score (nSPS) is 18.9. The van der Waals surface area contributed by atoms with Crippen molar-refractivity contribution < 1.29 is 14.3 Å². The highest BCUT2D eigenvalue weighted by molar-refractivity contribution is 8.04. The zero-order valence-corrected chi connectivity index (χ0v) is 20.9. The molecule has 2 aromatic heterocycles. The number of rotatable bonds is 2. The molecule has 0 saturated carbocycles. The predicted molar refractivity (Wildman–Crippen MR) is 132 cm³/mol. The number of carbonyl (C=O) groups excluding carboxylic acids is 2. The molecular formula is C24H30N6O3S. The van der Waals surface area contributed by atoms with Gasteiger partial charge in [0.15, 0.2) is 0 Å². The van der Waals surface area contributed by atoms with Gasteiger partial charge < -0.3 is 19.5 Å². The molecule has 5 rings (SSSR count). The molecule has 34 heavy (non-hydrogen) atoms. The van der Waals surface area contributed by atoms with E-state index in [9.17, 15) is 9.59 Å². The third-order valence-corrected chi connectivity index (χ3v) is 7.19. The minimum atomic E-state index is -0.555. The summed E-state index contributed by atoms with van der Waals surface area (Å²) in [6.07, 6.45) is 6.84. The Labute approximate surface area is 203 Å². The molecule has 0 aromatic carbocycles. The number of ether oxygens (including phenoxy) is 1. The first-order valence-electron chi connectivity index (χ1n) is 11.6. The zero-order chi connectivity index (χ0) is 24.0. The van der Waals surface area contributed by atoms with Crippen LogP contribution in [0.4, 0.5) is 10.6 Å². The van der Waals surface area contributed by atoms with Crippen molar-refractivity contribution in [3.63, 3.8) is 0 Å². The van der Waals surface area contributed by atoms with Crippen molar-refractivity contribution in [1.82, 2.24) is 24.8 Å². The van der Waals surface area contributed by atoms with E-state index in [1.165, 1.54) is 0 Å². The molecular weight excluding hydrogens is 452 g/mol. The van der Waals surface area contributed by atoms with Crippen molar-refractivity contribution in [3.8, 4) is 0 Å². The number of hydrogen-bond donors (Lipinski definition) is 1. The fourth-order valence-corrected chi connectivity index (χ4v) is 5.63. The van der Waals surface area contributed by atoms with E-state index < -0.39 is 5.60 Å². The molecule has 0 bridgehead atoms. The molecule has 0 saturated heterocycles. The van der Waals surface area contributed by atoms with E-state index in [4.69, 9.17) is 4.74 Å². The van der Waals surface area contributed by atoms with Crippen LogP contribution in [0.1, 0.15) is 39.2 Å². The highest BCUT2D eigenvalue weighted by Crippen LogP contribution is 2.35. The lowest BCUT2D eigenvalue weighted by Gasteiger charge is -2.31. The minimum absolute atomic E-state index is 0.00988. The van der Waals surface area contributed by atoms with Gasteiger partial charge in [0.2, 0.25) is 0 Å². The number of anilines is 1. The number of amides is 2. The van der Waals surface area contributed by atoms with E-state index in [0.717, 1.165) is 58.8 Å². The number of hydrogen-bond acceptors (Lipinski definition) is 7. The second kappa shape index (κ2) is 8.65. The van der Waals surface area contributed by atoms with Crippen molar-refractivity contribution in [2.24, 2.45) is 0 Å². The molecule has 3 aliphatic heterocycles. The van der Waals surface area contributed by atoms with E-state index in [0.29, 0.717) is 24.5 Å². The number of aromatic nitrogens is 3. The predicted octanol–water partition coefficient (Wildman–Crippen LogP) is 3.79. The van der Waals surface area contributed by atoms with Gasteiger partial charge >= 0.3 is 6.09 Å². The van der Waals surface area contributed by atoms with Crippen LogP contribution >= 0.6 is 11.8 Å². The van der Waals surface area contributed by atoms with Crippen molar-refractivity contribution in [3.05, 3.63) is 40.5 Å². The molecule has 0 atom stereocenters. The molecule has 180 valence electrons. The first-order chi connectivity index (χ1) is 16.2. The summed E-state index contributed by atoms with van der Waals surface area (Å²) in [5.41, 5.74) is 3.39. The van der Waals surface area contributed by atoms with E-state index in [2.05, 4.69) is 15.0 Å². The van der Waals surface area contributed by atoms with E-state index in [-0.39, 0.29) is 12.0 Å². The summed E-state index contributed by atoms with van der Waals surface area (Å²) in [7, 11) is 0. The van der Waals surface area contributed by atoms with Crippen molar-refractivity contribution in [1.29, 1.82) is 0 Å². The molecule has 0 aliphatic carbocycles. The Bertz CT molecular complexity index is 1210. The largest absolute Gasteiger partial charge is 0.443 e. The molecule has 5 heterocycles. The van der Waals surface area contributed by atoms with Crippen LogP contribution in [-0.2, 0) is 9.53 Å². The topological polar surface area (TPSA) is 94.7 Å². The molecule has 3 aliphatic rings. The summed E-state index contributed by atoms with van der Waals surface area (Å²) < 4.78 is 5.61. The van der Waals surface area contributed by atoms with Gasteiger partial charge in [0, 0.05) is 43.5 Å². The summed E-state index contributed by atoms with van der Waals surface area (Å²) in [4.78, 5) is 44.6. The van der Waals surface area contributed by atoms with E-state index >= 15 is 0 Å². The molecule has 10 heteroatoms. The smallest absolute Gasteiger partial charge is 0.414 e. The van der Waals surface area contributed by atoms with Gasteiger partial charge in [-0.05, 0) is 51.7 Å². The molecule has 2 amide bonds. The Morgan fingerprint density at radius 1 is 1.18 bits per heavy atom. The molecule has 0 unspecified atom stereocenters. The number of nitrogens with one attached hydrogen (secondary N) is 1. The fraction of sp³-hybridized carbons (Fsp3) is 0.500. The van der Waals surface area contributed by atoms with Crippen LogP contribution in [0.15, 0.2) is 34.9 Å². The lowest BCUT2D eigenvalue weighted by molar-refractivity contribution is -0.125. The first kappa shape index (κ1) is 22.8. The number of H-pyrrole nitrogens is 1. The van der Waals surface area contributed by atoms with Crippen LogP contribution < -0.4 is 4.90 Å². The number of carbonyl (C=O) groups is 2. The maximum absolute atomic E-state index is 13.5. The fourth-order valence-electron chi connectivity index (χ4n) is 4.67. The average molecular weight is 483 g/mol. The Hall–Kier alpha value is -3.01. The van der Waals surface area contributed by atoms with E-state index in [1.54, 1.807) is 23.0 Å². The number of fused-ring (bicyclic) bond motifs is 1. The van der Waals surface area contributed by atoms with Gasteiger partial charge in [0.1, 0.15) is 23.4 Å². The maximum atomic E-state index is 13.5. The summed E-state index contributed by atoms with van der Waals surface area (Å²) in [6, 6.07) is 0. The minimum Gasteiger partial charge on any atom is -0.443 e. The number of aryl methyl sites for hydroxylation is 1. The summed E-state index contributed by atoms with van der Waals surface area (Å²) in [6.45, 7) is 10.0. The molecule has 2 aromatic rings. The molecule has 0 radical (unpaired) electrons. The van der Waals surface area contributed by atoms with Gasteiger partial charge in [-0.15, -0.1) is 11.8 Å². The van der Waals surface area contributed by atoms with Crippen molar-refractivity contribution >= 4 is 40.6 Å².